The van der Waals surface area contributed by atoms with Crippen LogP contribution in [-0.4, -0.2) is 37.3 Å². The van der Waals surface area contributed by atoms with E-state index in [0.717, 1.165) is 32.4 Å². The number of nitrogens with zero attached hydrogens (tertiary/aromatic N) is 1. The lowest BCUT2D eigenvalue weighted by Gasteiger charge is -2.13. The zero-order chi connectivity index (χ0) is 17.8. The van der Waals surface area contributed by atoms with Crippen molar-refractivity contribution < 1.29 is 18.6 Å². The van der Waals surface area contributed by atoms with E-state index in [4.69, 9.17) is 0 Å². The lowest BCUT2D eigenvalue weighted by Crippen LogP contribution is -2.38. The molecule has 0 amide bonds. The fraction of sp³-hybridized carbons (Fsp3) is 0.588. The summed E-state index contributed by atoms with van der Waals surface area (Å²) in [6, 6.07) is 5.92. The van der Waals surface area contributed by atoms with E-state index in [1.807, 2.05) is 6.92 Å². The lowest BCUT2D eigenvalue weighted by atomic mass is 10.1. The molecule has 0 heterocycles. The summed E-state index contributed by atoms with van der Waals surface area (Å²) < 4.78 is 28.5. The Balaban J connectivity index is 2.54. The molecule has 7 heteroatoms. The average Bonchev–Trinajstić information content (AvgIpc) is 2.56. The first-order valence-electron chi connectivity index (χ1n) is 8.31. The van der Waals surface area contributed by atoms with Crippen molar-refractivity contribution in [3.05, 3.63) is 29.8 Å². The van der Waals surface area contributed by atoms with Gasteiger partial charge in [-0.25, -0.2) is 0 Å². The molecule has 0 aliphatic carbocycles. The van der Waals surface area contributed by atoms with Crippen LogP contribution in [-0.2, 0) is 0 Å². The normalized spacial score (nSPS) is 13.0. The zero-order valence-corrected chi connectivity index (χ0v) is 14.3. The van der Waals surface area contributed by atoms with Gasteiger partial charge in [0, 0.05) is 13.1 Å². The van der Waals surface area contributed by atoms with Crippen LogP contribution >= 0.6 is 0 Å². The minimum Gasteiger partial charge on any atom is -0.435 e. The molecule has 1 aromatic rings. The molecule has 0 aliphatic heterocycles. The predicted octanol–water partition coefficient (Wildman–Crippen LogP) is 3.07. The minimum atomic E-state index is -2.85. The van der Waals surface area contributed by atoms with Crippen molar-refractivity contribution in [1.29, 1.82) is 0 Å². The first-order chi connectivity index (χ1) is 11.6. The molecule has 1 unspecified atom stereocenters. The van der Waals surface area contributed by atoms with Gasteiger partial charge in [-0.3, -0.25) is 4.99 Å². The molecule has 0 radical (unpaired) electrons. The van der Waals surface area contributed by atoms with Gasteiger partial charge in [0.05, 0.1) is 12.6 Å². The van der Waals surface area contributed by atoms with E-state index < -0.39 is 12.7 Å². The summed E-state index contributed by atoms with van der Waals surface area (Å²) in [4.78, 5) is 4.35. The molecule has 0 aliphatic rings. The van der Waals surface area contributed by atoms with Gasteiger partial charge in [-0.05, 0) is 31.0 Å². The van der Waals surface area contributed by atoms with Gasteiger partial charge in [-0.15, -0.1) is 0 Å². The van der Waals surface area contributed by atoms with Crippen molar-refractivity contribution in [3.8, 4) is 5.75 Å². The Bertz CT molecular complexity index is 481. The second kappa shape index (κ2) is 11.6. The molecular weight excluding hydrogens is 316 g/mol. The van der Waals surface area contributed by atoms with Crippen molar-refractivity contribution in [1.82, 2.24) is 10.6 Å². The van der Waals surface area contributed by atoms with Crippen molar-refractivity contribution in [2.45, 2.75) is 45.8 Å². The molecule has 1 atom stereocenters. The summed E-state index contributed by atoms with van der Waals surface area (Å²) in [5.74, 6) is 0.723. The predicted molar refractivity (Wildman–Crippen MR) is 91.5 cm³/mol. The van der Waals surface area contributed by atoms with E-state index >= 15 is 0 Å². The van der Waals surface area contributed by atoms with E-state index in [1.165, 1.54) is 12.1 Å². The van der Waals surface area contributed by atoms with E-state index in [2.05, 4.69) is 27.3 Å². The monoisotopic (exact) mass is 343 g/mol. The second-order valence-corrected chi connectivity index (χ2v) is 5.32. The highest BCUT2D eigenvalue weighted by Gasteiger charge is 2.09. The van der Waals surface area contributed by atoms with Crippen molar-refractivity contribution >= 4 is 5.96 Å². The van der Waals surface area contributed by atoms with Crippen molar-refractivity contribution in [2.24, 2.45) is 4.99 Å². The first-order valence-corrected chi connectivity index (χ1v) is 8.31. The minimum absolute atomic E-state index is 0.0652. The van der Waals surface area contributed by atoms with E-state index in [0.29, 0.717) is 11.5 Å². The number of aliphatic hydroxyl groups is 1. The molecule has 0 saturated heterocycles. The van der Waals surface area contributed by atoms with E-state index in [1.54, 1.807) is 12.1 Å². The third kappa shape index (κ3) is 8.10. The van der Waals surface area contributed by atoms with Gasteiger partial charge < -0.3 is 20.5 Å². The number of hydrogen-bond donors (Lipinski definition) is 3. The van der Waals surface area contributed by atoms with Crippen LogP contribution in [0.3, 0.4) is 0 Å². The maximum atomic E-state index is 12.1. The third-order valence-corrected chi connectivity index (χ3v) is 3.33. The fourth-order valence-corrected chi connectivity index (χ4v) is 2.08. The highest BCUT2D eigenvalue weighted by Crippen LogP contribution is 2.19. The highest BCUT2D eigenvalue weighted by atomic mass is 19.3. The topological polar surface area (TPSA) is 65.9 Å². The Morgan fingerprint density at radius 1 is 1.17 bits per heavy atom. The summed E-state index contributed by atoms with van der Waals surface area (Å²) >= 11 is 0. The van der Waals surface area contributed by atoms with E-state index in [9.17, 15) is 13.9 Å². The van der Waals surface area contributed by atoms with Crippen LogP contribution in [0.1, 0.15) is 44.8 Å². The number of alkyl halides is 2. The second-order valence-electron chi connectivity index (χ2n) is 5.32. The molecule has 0 spiro atoms. The Kier molecular flexibility index (Phi) is 9.76. The summed E-state index contributed by atoms with van der Waals surface area (Å²) in [5.41, 5.74) is 0.599. The van der Waals surface area contributed by atoms with Gasteiger partial charge >= 0.3 is 6.61 Å². The average molecular weight is 343 g/mol. The Morgan fingerprint density at radius 2 is 1.88 bits per heavy atom. The summed E-state index contributed by atoms with van der Waals surface area (Å²) in [6.45, 7) is 3.00. The van der Waals surface area contributed by atoms with Crippen LogP contribution in [0, 0.1) is 0 Å². The summed E-state index contributed by atoms with van der Waals surface area (Å²) in [6.07, 6.45) is 2.56. The maximum absolute atomic E-state index is 12.1. The molecule has 136 valence electrons. The van der Waals surface area contributed by atoms with Gasteiger partial charge in [0.2, 0.25) is 0 Å². The Morgan fingerprint density at radius 3 is 2.46 bits per heavy atom. The quantitative estimate of drug-likeness (QED) is 0.347. The van der Waals surface area contributed by atoms with Gasteiger partial charge in [0.15, 0.2) is 5.96 Å². The van der Waals surface area contributed by atoms with Crippen LogP contribution in [0.25, 0.3) is 0 Å². The number of unbranched alkanes of at least 4 members (excludes halogenated alkanes) is 2. The highest BCUT2D eigenvalue weighted by molar-refractivity contribution is 5.79. The molecule has 1 rings (SSSR count). The SMILES string of the molecule is CCCCCNC(=NCC(O)c1ccc(OC(F)F)cc1)NCC. The number of ether oxygens (including phenoxy) is 1. The van der Waals surface area contributed by atoms with Gasteiger partial charge in [-0.1, -0.05) is 31.9 Å². The Labute approximate surface area is 142 Å². The van der Waals surface area contributed by atoms with Gasteiger partial charge in [0.1, 0.15) is 5.75 Å². The van der Waals surface area contributed by atoms with Crippen LogP contribution < -0.4 is 15.4 Å². The largest absolute Gasteiger partial charge is 0.435 e. The number of rotatable bonds is 10. The number of benzene rings is 1. The number of aliphatic imine (C=N–C) groups is 1. The third-order valence-electron chi connectivity index (χ3n) is 3.33. The molecule has 0 saturated carbocycles. The number of halogens is 2. The van der Waals surface area contributed by atoms with Crippen LogP contribution in [0.2, 0.25) is 0 Å². The summed E-state index contributed by atoms with van der Waals surface area (Å²) in [7, 11) is 0. The van der Waals surface area contributed by atoms with Crippen molar-refractivity contribution in [2.75, 3.05) is 19.6 Å². The molecule has 0 aromatic heterocycles. The Hall–Kier alpha value is -1.89. The zero-order valence-electron chi connectivity index (χ0n) is 14.3. The smallest absolute Gasteiger partial charge is 0.387 e. The fourth-order valence-electron chi connectivity index (χ4n) is 2.08. The van der Waals surface area contributed by atoms with Crippen LogP contribution in [0.4, 0.5) is 8.78 Å². The molecule has 3 N–H and O–H groups in total. The van der Waals surface area contributed by atoms with Crippen molar-refractivity contribution in [3.63, 3.8) is 0 Å². The number of guanidine groups is 1. The standard InChI is InChI=1S/C17H27F2N3O2/c1-3-5-6-11-21-17(20-4-2)22-12-15(23)13-7-9-14(10-8-13)24-16(18)19/h7-10,15-16,23H,3-6,11-12H2,1-2H3,(H2,20,21,22). The summed E-state index contributed by atoms with van der Waals surface area (Å²) in [5, 5.41) is 16.5. The molecule has 24 heavy (non-hydrogen) atoms. The van der Waals surface area contributed by atoms with Crippen LogP contribution in [0.15, 0.2) is 29.3 Å². The van der Waals surface area contributed by atoms with Gasteiger partial charge in [0.25, 0.3) is 0 Å². The lowest BCUT2D eigenvalue weighted by molar-refractivity contribution is -0.0498. The first kappa shape index (κ1) is 20.2. The number of aliphatic hydroxyl groups excluding tert-OH is 1. The maximum Gasteiger partial charge on any atom is 0.387 e. The van der Waals surface area contributed by atoms with Crippen LogP contribution in [0.5, 0.6) is 5.75 Å². The number of nitrogens with one attached hydrogen (secondary N) is 2. The van der Waals surface area contributed by atoms with E-state index in [-0.39, 0.29) is 12.3 Å². The molecule has 5 nitrogen and oxygen atoms in total. The van der Waals surface area contributed by atoms with Gasteiger partial charge in [-0.2, -0.15) is 8.78 Å². The molecule has 1 aromatic carbocycles. The number of hydrogen-bond acceptors (Lipinski definition) is 3. The molecule has 0 bridgehead atoms. The molecule has 0 fully saturated rings. The molecular formula is C17H27F2N3O2.